The molecule has 196 valence electrons. The number of aliphatic hydroxyl groups excluding tert-OH is 2. The first kappa shape index (κ1) is 35.0. The summed E-state index contributed by atoms with van der Waals surface area (Å²) in [7, 11) is 0. The predicted octanol–water partition coefficient (Wildman–Crippen LogP) is 1.14. The van der Waals surface area contributed by atoms with Gasteiger partial charge >= 0.3 is 0 Å². The van der Waals surface area contributed by atoms with Gasteiger partial charge in [0, 0.05) is 33.1 Å². The van der Waals surface area contributed by atoms with Crippen LogP contribution in [0.1, 0.15) is 20.8 Å². The van der Waals surface area contributed by atoms with Crippen molar-refractivity contribution in [3.8, 4) is 24.2 Å². The standard InChI is InChI=1S/C10H4.C9H13NO3.C6H11NO2.C4H6O/c1-3-5-7-9-10-8-6-4-2;1-8(11)2-3-9(12)10-4-6-13-7-5-10;1-6(8)7-2-4-9-5-3-7;1-3-4(2)5/h1-2H2;8,11H,4-7H2,1H3;2-5H2,1H3;1,4-5H,2H3/t;8-;;4-/m.1.1/s1. The van der Waals surface area contributed by atoms with Gasteiger partial charge in [0.25, 0.3) is 5.91 Å². The van der Waals surface area contributed by atoms with E-state index < -0.39 is 12.2 Å². The number of amides is 2. The number of nitrogens with zero attached hydrogens (tertiary/aromatic N) is 2. The minimum atomic E-state index is -0.745. The van der Waals surface area contributed by atoms with E-state index in [1.807, 2.05) is 0 Å². The van der Waals surface area contributed by atoms with Gasteiger partial charge in [0.1, 0.15) is 12.2 Å². The average molecular weight is 507 g/mol. The third-order valence-corrected chi connectivity index (χ3v) is 3.87. The van der Waals surface area contributed by atoms with Crippen LogP contribution in [0.2, 0.25) is 0 Å². The molecule has 0 spiro atoms. The molecule has 8 nitrogen and oxygen atoms in total. The van der Waals surface area contributed by atoms with Crippen molar-refractivity contribution in [3.05, 3.63) is 59.0 Å². The smallest absolute Gasteiger partial charge is 0.298 e. The van der Waals surface area contributed by atoms with Crippen molar-refractivity contribution < 1.29 is 29.3 Å². The number of carbonyl (C=O) groups is 2. The SMILES string of the molecule is C#C[C@@H](C)O.C=C=C=C=C=C=C=C=C=C.CC(=O)N1CCOCC1.C[C@@H](O)C#CC(=O)N1CCOCC1. The Morgan fingerprint density at radius 2 is 1.16 bits per heavy atom. The number of hydrogen-bond acceptors (Lipinski definition) is 6. The molecule has 2 rings (SSSR count). The number of terminal acetylenes is 1. The van der Waals surface area contributed by atoms with Crippen molar-refractivity contribution in [1.82, 2.24) is 9.80 Å². The van der Waals surface area contributed by atoms with Crippen molar-refractivity contribution in [2.45, 2.75) is 33.0 Å². The topological polar surface area (TPSA) is 99.5 Å². The zero-order chi connectivity index (χ0) is 28.3. The van der Waals surface area contributed by atoms with Crippen LogP contribution in [-0.4, -0.2) is 96.6 Å². The fourth-order valence-corrected chi connectivity index (χ4v) is 2.10. The monoisotopic (exact) mass is 506 g/mol. The van der Waals surface area contributed by atoms with Crippen molar-refractivity contribution in [2.75, 3.05) is 52.6 Å². The lowest BCUT2D eigenvalue weighted by Crippen LogP contribution is -2.40. The maximum Gasteiger partial charge on any atom is 0.298 e. The summed E-state index contributed by atoms with van der Waals surface area (Å²) in [6.45, 7) is 16.4. The van der Waals surface area contributed by atoms with E-state index in [4.69, 9.17) is 19.7 Å². The van der Waals surface area contributed by atoms with Crippen molar-refractivity contribution in [3.63, 3.8) is 0 Å². The van der Waals surface area contributed by atoms with Crippen LogP contribution in [0.15, 0.2) is 59.0 Å². The summed E-state index contributed by atoms with van der Waals surface area (Å²) in [5.74, 6) is 6.80. The van der Waals surface area contributed by atoms with Crippen LogP contribution < -0.4 is 0 Å². The van der Waals surface area contributed by atoms with Crippen molar-refractivity contribution in [1.29, 1.82) is 0 Å². The van der Waals surface area contributed by atoms with E-state index in [0.717, 1.165) is 13.1 Å². The van der Waals surface area contributed by atoms with E-state index in [-0.39, 0.29) is 11.8 Å². The number of morpholine rings is 2. The van der Waals surface area contributed by atoms with Gasteiger partial charge in [0.2, 0.25) is 5.91 Å². The Morgan fingerprint density at radius 3 is 1.46 bits per heavy atom. The van der Waals surface area contributed by atoms with Gasteiger partial charge in [-0.25, -0.2) is 0 Å². The van der Waals surface area contributed by atoms with Gasteiger partial charge in [0.05, 0.1) is 26.4 Å². The first-order valence-corrected chi connectivity index (χ1v) is 11.3. The Bertz CT molecular complexity index is 1050. The van der Waals surface area contributed by atoms with Gasteiger partial charge in [0.15, 0.2) is 0 Å². The third-order valence-electron chi connectivity index (χ3n) is 3.87. The summed E-state index contributed by atoms with van der Waals surface area (Å²) in [6.07, 6.45) is 3.34. The van der Waals surface area contributed by atoms with E-state index in [1.165, 1.54) is 6.92 Å². The Hall–Kier alpha value is -4.12. The van der Waals surface area contributed by atoms with Crippen molar-refractivity contribution >= 4 is 11.8 Å². The van der Waals surface area contributed by atoms with E-state index in [0.29, 0.717) is 39.5 Å². The Morgan fingerprint density at radius 1 is 0.784 bits per heavy atom. The molecule has 0 unspecified atom stereocenters. The number of ether oxygens (including phenoxy) is 2. The van der Waals surface area contributed by atoms with Crippen LogP contribution in [0.4, 0.5) is 0 Å². The molecule has 8 heteroatoms. The summed E-state index contributed by atoms with van der Waals surface area (Å²) in [4.78, 5) is 25.4. The third kappa shape index (κ3) is 24.8. The molecule has 2 heterocycles. The van der Waals surface area contributed by atoms with Gasteiger partial charge in [-0.2, -0.15) is 0 Å². The highest BCUT2D eigenvalue weighted by Crippen LogP contribution is 1.96. The van der Waals surface area contributed by atoms with Gasteiger partial charge in [-0.3, -0.25) is 9.59 Å². The molecule has 0 aliphatic carbocycles. The molecule has 2 aliphatic heterocycles. The molecule has 37 heavy (non-hydrogen) atoms. The Kier molecular flexibility index (Phi) is 23.7. The molecule has 0 saturated carbocycles. The van der Waals surface area contributed by atoms with Gasteiger partial charge in [-0.05, 0) is 67.3 Å². The second-order valence-corrected chi connectivity index (χ2v) is 6.91. The summed E-state index contributed by atoms with van der Waals surface area (Å²) < 4.78 is 10.1. The Balaban J connectivity index is 0. The number of carbonyl (C=O) groups excluding carboxylic acids is 2. The van der Waals surface area contributed by atoms with Gasteiger partial charge in [-0.15, -0.1) is 6.42 Å². The summed E-state index contributed by atoms with van der Waals surface area (Å²) >= 11 is 0. The molecule has 2 atom stereocenters. The van der Waals surface area contributed by atoms with Crippen LogP contribution >= 0.6 is 0 Å². The summed E-state index contributed by atoms with van der Waals surface area (Å²) in [5.41, 5.74) is 19.5. The fourth-order valence-electron chi connectivity index (χ4n) is 2.10. The number of rotatable bonds is 0. The van der Waals surface area contributed by atoms with Gasteiger partial charge < -0.3 is 29.5 Å². The molecular weight excluding hydrogens is 472 g/mol. The zero-order valence-corrected chi connectivity index (χ0v) is 21.7. The van der Waals surface area contributed by atoms with Crippen molar-refractivity contribution in [2.24, 2.45) is 0 Å². The molecule has 2 N–H and O–H groups in total. The number of hydrogen-bond donors (Lipinski definition) is 2. The second kappa shape index (κ2) is 25.0. The van der Waals surface area contributed by atoms with Crippen LogP contribution in [0, 0.1) is 24.2 Å². The lowest BCUT2D eigenvalue weighted by atomic mass is 10.3. The van der Waals surface area contributed by atoms with Crippen LogP contribution in [0.25, 0.3) is 0 Å². The summed E-state index contributed by atoms with van der Waals surface area (Å²) in [5, 5.41) is 17.0. The normalized spacial score (nSPS) is 14.2. The average Bonchev–Trinajstić information content (AvgIpc) is 2.91. The second-order valence-electron chi connectivity index (χ2n) is 6.91. The van der Waals surface area contributed by atoms with E-state index in [1.54, 1.807) is 23.6 Å². The molecule has 2 aliphatic rings. The largest absolute Gasteiger partial charge is 0.381 e. The molecule has 0 aromatic carbocycles. The van der Waals surface area contributed by atoms with Gasteiger partial charge in [-0.1, -0.05) is 23.3 Å². The lowest BCUT2D eigenvalue weighted by Gasteiger charge is -2.25. The predicted molar refractivity (Wildman–Crippen MR) is 140 cm³/mol. The maximum atomic E-state index is 11.3. The highest BCUT2D eigenvalue weighted by atomic mass is 16.5. The molecule has 0 aromatic rings. The van der Waals surface area contributed by atoms with Crippen LogP contribution in [0.5, 0.6) is 0 Å². The molecule has 0 aromatic heterocycles. The van der Waals surface area contributed by atoms with E-state index >= 15 is 0 Å². The zero-order valence-electron chi connectivity index (χ0n) is 21.7. The highest BCUT2D eigenvalue weighted by molar-refractivity contribution is 5.93. The molecular formula is C29H34N2O6. The van der Waals surface area contributed by atoms with Crippen LogP contribution in [-0.2, 0) is 19.1 Å². The summed E-state index contributed by atoms with van der Waals surface area (Å²) in [6, 6.07) is 0. The molecule has 2 amide bonds. The Labute approximate surface area is 219 Å². The molecule has 2 saturated heterocycles. The maximum absolute atomic E-state index is 11.3. The van der Waals surface area contributed by atoms with Crippen LogP contribution in [0.3, 0.4) is 0 Å². The quantitative estimate of drug-likeness (QED) is 0.378. The minimum absolute atomic E-state index is 0.151. The molecule has 0 radical (unpaired) electrons. The van der Waals surface area contributed by atoms with E-state index in [9.17, 15) is 9.59 Å². The molecule has 0 bridgehead atoms. The fraction of sp³-hybridized carbons (Fsp3) is 0.448. The number of aliphatic hydroxyl groups is 2. The first-order chi connectivity index (χ1) is 17.7. The first-order valence-electron chi connectivity index (χ1n) is 11.3. The molecule has 2 fully saturated rings. The lowest BCUT2D eigenvalue weighted by molar-refractivity contribution is -0.132. The highest BCUT2D eigenvalue weighted by Gasteiger charge is 2.14. The minimum Gasteiger partial charge on any atom is -0.381 e. The van der Waals surface area contributed by atoms with E-state index in [2.05, 4.69) is 83.2 Å².